The first-order valence-electron chi connectivity index (χ1n) is 6.56. The Morgan fingerprint density at radius 3 is 2.43 bits per heavy atom. The number of nitrogens with zero attached hydrogens (tertiary/aromatic N) is 3. The maximum atomic E-state index is 9.10. The molecule has 2 rings (SSSR count). The molecule has 5 heteroatoms. The van der Waals surface area contributed by atoms with Crippen LogP contribution in [0.25, 0.3) is 0 Å². The van der Waals surface area contributed by atoms with E-state index in [1.807, 2.05) is 39.0 Å². The molecule has 0 radical (unpaired) electrons. The topological polar surface area (TPSA) is 58.8 Å². The van der Waals surface area contributed by atoms with E-state index in [4.69, 9.17) is 10.00 Å². The fourth-order valence-electron chi connectivity index (χ4n) is 1.89. The third-order valence-corrected chi connectivity index (χ3v) is 4.28. The van der Waals surface area contributed by atoms with E-state index in [-0.39, 0.29) is 0 Å². The van der Waals surface area contributed by atoms with Crippen LogP contribution in [0, 0.1) is 32.1 Å². The van der Waals surface area contributed by atoms with Gasteiger partial charge in [0, 0.05) is 17.1 Å². The van der Waals surface area contributed by atoms with Crippen molar-refractivity contribution >= 4 is 11.8 Å². The molecule has 0 spiro atoms. The van der Waals surface area contributed by atoms with Gasteiger partial charge in [-0.05, 0) is 44.0 Å². The first kappa shape index (κ1) is 15.3. The Labute approximate surface area is 129 Å². The minimum Gasteiger partial charge on any atom is -0.495 e. The molecule has 0 aliphatic rings. The second-order valence-corrected chi connectivity index (χ2v) is 5.68. The second kappa shape index (κ2) is 6.59. The molecule has 0 saturated heterocycles. The SMILES string of the molecule is COc1ccc(CSc2nc(C)c(C)c(C)n2)cc1C#N. The van der Waals surface area contributed by atoms with Crippen LogP contribution in [0.4, 0.5) is 0 Å². The van der Waals surface area contributed by atoms with Crippen LogP contribution in [0.2, 0.25) is 0 Å². The van der Waals surface area contributed by atoms with Gasteiger partial charge in [0.05, 0.1) is 12.7 Å². The minimum absolute atomic E-state index is 0.549. The number of aryl methyl sites for hydroxylation is 2. The molecule has 0 N–H and O–H groups in total. The van der Waals surface area contributed by atoms with E-state index in [1.54, 1.807) is 18.9 Å². The number of thioether (sulfide) groups is 1. The third-order valence-electron chi connectivity index (χ3n) is 3.36. The standard InChI is InChI=1S/C16H17N3OS/c1-10-11(2)18-16(19-12(10)3)21-9-13-5-6-15(20-4)14(7-13)8-17/h5-7H,9H2,1-4H3. The van der Waals surface area contributed by atoms with E-state index in [0.29, 0.717) is 11.3 Å². The average Bonchev–Trinajstić information content (AvgIpc) is 2.50. The zero-order chi connectivity index (χ0) is 15.4. The maximum absolute atomic E-state index is 9.10. The fourth-order valence-corrected chi connectivity index (χ4v) is 2.76. The van der Waals surface area contributed by atoms with Gasteiger partial charge < -0.3 is 4.74 Å². The molecule has 0 atom stereocenters. The summed E-state index contributed by atoms with van der Waals surface area (Å²) in [5.41, 5.74) is 4.76. The predicted molar refractivity (Wildman–Crippen MR) is 83.5 cm³/mol. The van der Waals surface area contributed by atoms with E-state index in [2.05, 4.69) is 16.0 Å². The van der Waals surface area contributed by atoms with Crippen LogP contribution in [0.1, 0.15) is 28.1 Å². The lowest BCUT2D eigenvalue weighted by Crippen LogP contribution is -1.98. The lowest BCUT2D eigenvalue weighted by atomic mass is 10.1. The second-order valence-electron chi connectivity index (χ2n) is 4.74. The van der Waals surface area contributed by atoms with Gasteiger partial charge in [-0.2, -0.15) is 5.26 Å². The van der Waals surface area contributed by atoms with Gasteiger partial charge in [0.15, 0.2) is 5.16 Å². The zero-order valence-corrected chi connectivity index (χ0v) is 13.4. The van der Waals surface area contributed by atoms with Crippen LogP contribution in [-0.4, -0.2) is 17.1 Å². The number of nitriles is 1. The number of hydrogen-bond donors (Lipinski definition) is 0. The first-order chi connectivity index (χ1) is 10.0. The molecule has 21 heavy (non-hydrogen) atoms. The van der Waals surface area contributed by atoms with Gasteiger partial charge in [-0.1, -0.05) is 17.8 Å². The summed E-state index contributed by atoms with van der Waals surface area (Å²) >= 11 is 1.57. The molecule has 2 aromatic rings. The van der Waals surface area contributed by atoms with E-state index in [9.17, 15) is 0 Å². The van der Waals surface area contributed by atoms with Crippen LogP contribution in [0.3, 0.4) is 0 Å². The summed E-state index contributed by atoms with van der Waals surface area (Å²) in [6, 6.07) is 7.77. The van der Waals surface area contributed by atoms with Gasteiger partial charge in [-0.3, -0.25) is 0 Å². The van der Waals surface area contributed by atoms with E-state index in [1.165, 1.54) is 0 Å². The van der Waals surface area contributed by atoms with Crippen LogP contribution in [-0.2, 0) is 5.75 Å². The largest absolute Gasteiger partial charge is 0.495 e. The Morgan fingerprint density at radius 2 is 1.86 bits per heavy atom. The molecule has 0 fully saturated rings. The minimum atomic E-state index is 0.549. The Hall–Kier alpha value is -2.06. The molecule has 0 aliphatic carbocycles. The highest BCUT2D eigenvalue weighted by Gasteiger charge is 2.07. The van der Waals surface area contributed by atoms with Crippen LogP contribution >= 0.6 is 11.8 Å². The van der Waals surface area contributed by atoms with Crippen molar-refractivity contribution in [1.82, 2.24) is 9.97 Å². The molecule has 4 nitrogen and oxygen atoms in total. The lowest BCUT2D eigenvalue weighted by Gasteiger charge is -2.08. The van der Waals surface area contributed by atoms with Crippen molar-refractivity contribution in [2.45, 2.75) is 31.7 Å². The summed E-state index contributed by atoms with van der Waals surface area (Å²) in [5.74, 6) is 1.32. The quantitative estimate of drug-likeness (QED) is 0.638. The highest BCUT2D eigenvalue weighted by atomic mass is 32.2. The van der Waals surface area contributed by atoms with Crippen LogP contribution in [0.5, 0.6) is 5.75 Å². The summed E-state index contributed by atoms with van der Waals surface area (Å²) in [6.45, 7) is 6.02. The van der Waals surface area contributed by atoms with Gasteiger partial charge in [0.25, 0.3) is 0 Å². The number of benzene rings is 1. The van der Waals surface area contributed by atoms with Crippen LogP contribution < -0.4 is 4.74 Å². The smallest absolute Gasteiger partial charge is 0.188 e. The predicted octanol–water partition coefficient (Wildman–Crippen LogP) is 3.57. The molecule has 0 aliphatic heterocycles. The van der Waals surface area contributed by atoms with Crippen molar-refractivity contribution < 1.29 is 4.74 Å². The molecule has 0 amide bonds. The number of ether oxygens (including phenoxy) is 1. The Balaban J connectivity index is 2.15. The number of hydrogen-bond acceptors (Lipinski definition) is 5. The van der Waals surface area contributed by atoms with Crippen molar-refractivity contribution in [1.29, 1.82) is 5.26 Å². The number of rotatable bonds is 4. The summed E-state index contributed by atoms with van der Waals surface area (Å²) in [5, 5.41) is 9.87. The molecule has 0 bridgehead atoms. The molecule has 1 aromatic carbocycles. The van der Waals surface area contributed by atoms with E-state index in [0.717, 1.165) is 33.4 Å². The molecule has 1 heterocycles. The summed E-state index contributed by atoms with van der Waals surface area (Å²) in [4.78, 5) is 8.97. The van der Waals surface area contributed by atoms with Crippen molar-refractivity contribution in [3.63, 3.8) is 0 Å². The van der Waals surface area contributed by atoms with Crippen molar-refractivity contribution in [3.8, 4) is 11.8 Å². The van der Waals surface area contributed by atoms with Crippen molar-refractivity contribution in [2.75, 3.05) is 7.11 Å². The lowest BCUT2D eigenvalue weighted by molar-refractivity contribution is 0.413. The zero-order valence-electron chi connectivity index (χ0n) is 12.6. The summed E-state index contributed by atoms with van der Waals surface area (Å²) in [7, 11) is 1.57. The van der Waals surface area contributed by atoms with E-state index >= 15 is 0 Å². The van der Waals surface area contributed by atoms with Gasteiger partial charge in [-0.25, -0.2) is 9.97 Å². The molecule has 1 aromatic heterocycles. The Kier molecular flexibility index (Phi) is 4.81. The average molecular weight is 299 g/mol. The molecular weight excluding hydrogens is 282 g/mol. The van der Waals surface area contributed by atoms with E-state index < -0.39 is 0 Å². The summed E-state index contributed by atoms with van der Waals surface area (Å²) in [6.07, 6.45) is 0. The Bertz CT molecular complexity index is 684. The van der Waals surface area contributed by atoms with Gasteiger partial charge >= 0.3 is 0 Å². The first-order valence-corrected chi connectivity index (χ1v) is 7.55. The number of aromatic nitrogens is 2. The van der Waals surface area contributed by atoms with Gasteiger partial charge in [0.2, 0.25) is 0 Å². The van der Waals surface area contributed by atoms with Crippen molar-refractivity contribution in [3.05, 3.63) is 46.3 Å². The molecule has 108 valence electrons. The van der Waals surface area contributed by atoms with Crippen molar-refractivity contribution in [2.24, 2.45) is 0 Å². The van der Waals surface area contributed by atoms with Crippen LogP contribution in [0.15, 0.2) is 23.4 Å². The molecule has 0 unspecified atom stereocenters. The van der Waals surface area contributed by atoms with Gasteiger partial charge in [0.1, 0.15) is 11.8 Å². The summed E-state index contributed by atoms with van der Waals surface area (Å²) < 4.78 is 5.14. The number of methoxy groups -OCH3 is 1. The molecule has 0 saturated carbocycles. The molecular formula is C16H17N3OS. The maximum Gasteiger partial charge on any atom is 0.188 e. The fraction of sp³-hybridized carbons (Fsp3) is 0.312. The highest BCUT2D eigenvalue weighted by molar-refractivity contribution is 7.98. The monoisotopic (exact) mass is 299 g/mol. The highest BCUT2D eigenvalue weighted by Crippen LogP contribution is 2.25. The van der Waals surface area contributed by atoms with Gasteiger partial charge in [-0.15, -0.1) is 0 Å². The third kappa shape index (κ3) is 3.53. The Morgan fingerprint density at radius 1 is 1.19 bits per heavy atom. The normalized spacial score (nSPS) is 10.2.